The molecule has 1 saturated heterocycles. The van der Waals surface area contributed by atoms with Crippen LogP contribution in [-0.4, -0.2) is 32.7 Å². The van der Waals surface area contributed by atoms with Gasteiger partial charge in [-0.25, -0.2) is 8.42 Å². The van der Waals surface area contributed by atoms with Crippen LogP contribution in [0.3, 0.4) is 0 Å². The van der Waals surface area contributed by atoms with Gasteiger partial charge in [0.2, 0.25) is 5.91 Å². The van der Waals surface area contributed by atoms with Crippen LogP contribution in [0.5, 0.6) is 0 Å². The molecule has 0 aromatic heterocycles. The van der Waals surface area contributed by atoms with Crippen LogP contribution >= 0.6 is 0 Å². The van der Waals surface area contributed by atoms with E-state index in [2.05, 4.69) is 10.6 Å². The van der Waals surface area contributed by atoms with E-state index < -0.39 is 9.84 Å². The third-order valence-corrected chi connectivity index (χ3v) is 4.99. The van der Waals surface area contributed by atoms with E-state index in [0.717, 1.165) is 19.4 Å². The van der Waals surface area contributed by atoms with E-state index in [1.54, 1.807) is 19.1 Å². The van der Waals surface area contributed by atoms with Crippen LogP contribution < -0.4 is 10.6 Å². The number of nitrogens with one attached hydrogen (secondary N) is 2. The summed E-state index contributed by atoms with van der Waals surface area (Å²) in [7, 11) is -3.18. The highest BCUT2D eigenvalue weighted by Gasteiger charge is 2.21. The largest absolute Gasteiger partial charge is 0.325 e. The van der Waals surface area contributed by atoms with Crippen molar-refractivity contribution in [3.8, 4) is 0 Å². The van der Waals surface area contributed by atoms with Crippen molar-refractivity contribution in [2.75, 3.05) is 17.6 Å². The summed E-state index contributed by atoms with van der Waals surface area (Å²) < 4.78 is 23.3. The van der Waals surface area contributed by atoms with Gasteiger partial charge in [-0.3, -0.25) is 4.79 Å². The maximum atomic E-state index is 11.9. The Morgan fingerprint density at radius 1 is 1.37 bits per heavy atom. The lowest BCUT2D eigenvalue weighted by Gasteiger charge is -2.11. The molecule has 0 saturated carbocycles. The molecule has 5 nitrogen and oxygen atoms in total. The highest BCUT2D eigenvalue weighted by atomic mass is 32.2. The van der Waals surface area contributed by atoms with Crippen LogP contribution in [0.1, 0.15) is 19.8 Å². The van der Waals surface area contributed by atoms with Gasteiger partial charge in [0.05, 0.1) is 16.7 Å². The molecule has 1 aliphatic heterocycles. The van der Waals surface area contributed by atoms with Gasteiger partial charge in [-0.15, -0.1) is 0 Å². The fraction of sp³-hybridized carbons (Fsp3) is 0.462. The van der Waals surface area contributed by atoms with Crippen LogP contribution in [0.2, 0.25) is 0 Å². The topological polar surface area (TPSA) is 75.3 Å². The fourth-order valence-electron chi connectivity index (χ4n) is 2.05. The van der Waals surface area contributed by atoms with Crippen molar-refractivity contribution in [3.63, 3.8) is 0 Å². The first-order chi connectivity index (χ1) is 9.03. The van der Waals surface area contributed by atoms with E-state index in [-0.39, 0.29) is 22.6 Å². The number of carbonyl (C=O) groups excluding carboxylic acids is 1. The summed E-state index contributed by atoms with van der Waals surface area (Å²) >= 11 is 0. The highest BCUT2D eigenvalue weighted by molar-refractivity contribution is 7.91. The SMILES string of the molecule is CCS(=O)(=O)c1ccc(NC(=O)C2CCCN2)cc1. The summed E-state index contributed by atoms with van der Waals surface area (Å²) in [5, 5.41) is 5.90. The highest BCUT2D eigenvalue weighted by Crippen LogP contribution is 2.16. The van der Waals surface area contributed by atoms with Gasteiger partial charge < -0.3 is 10.6 Å². The molecule has 2 N–H and O–H groups in total. The second-order valence-corrected chi connectivity index (χ2v) is 6.84. The molecule has 0 aliphatic carbocycles. The van der Waals surface area contributed by atoms with Crippen LogP contribution in [0.4, 0.5) is 5.69 Å². The number of anilines is 1. The van der Waals surface area contributed by atoms with Crippen LogP contribution in [0, 0.1) is 0 Å². The van der Waals surface area contributed by atoms with Crippen molar-refractivity contribution in [2.45, 2.75) is 30.7 Å². The van der Waals surface area contributed by atoms with Gasteiger partial charge in [0, 0.05) is 5.69 Å². The Kier molecular flexibility index (Phi) is 4.21. The van der Waals surface area contributed by atoms with Crippen LogP contribution in [0.25, 0.3) is 0 Å². The fourth-order valence-corrected chi connectivity index (χ4v) is 2.93. The zero-order valence-corrected chi connectivity index (χ0v) is 11.7. The van der Waals surface area contributed by atoms with Crippen molar-refractivity contribution in [1.29, 1.82) is 0 Å². The Morgan fingerprint density at radius 3 is 2.58 bits per heavy atom. The lowest BCUT2D eigenvalue weighted by molar-refractivity contribution is -0.117. The first-order valence-corrected chi connectivity index (χ1v) is 8.05. The average molecular weight is 282 g/mol. The minimum Gasteiger partial charge on any atom is -0.325 e. The minimum absolute atomic E-state index is 0.0661. The molecule has 0 radical (unpaired) electrons. The quantitative estimate of drug-likeness (QED) is 0.869. The van der Waals surface area contributed by atoms with Gasteiger partial charge in [-0.2, -0.15) is 0 Å². The molecule has 2 rings (SSSR count). The van der Waals surface area contributed by atoms with Gasteiger partial charge in [-0.1, -0.05) is 6.92 Å². The second-order valence-electron chi connectivity index (χ2n) is 4.57. The summed E-state index contributed by atoms with van der Waals surface area (Å²) in [5.74, 6) is 0.00799. The molecule has 0 spiro atoms. The number of hydrogen-bond donors (Lipinski definition) is 2. The Bertz CT molecular complexity index is 546. The molecule has 1 heterocycles. The minimum atomic E-state index is -3.18. The standard InChI is InChI=1S/C13H18N2O3S/c1-2-19(17,18)11-7-5-10(6-8-11)15-13(16)12-4-3-9-14-12/h5-8,12,14H,2-4,9H2,1H3,(H,15,16). The van der Waals surface area contributed by atoms with E-state index in [1.807, 2.05) is 0 Å². The third-order valence-electron chi connectivity index (χ3n) is 3.24. The maximum Gasteiger partial charge on any atom is 0.241 e. The Morgan fingerprint density at radius 2 is 2.05 bits per heavy atom. The predicted molar refractivity (Wildman–Crippen MR) is 73.8 cm³/mol. The lowest BCUT2D eigenvalue weighted by Crippen LogP contribution is -2.35. The van der Waals surface area contributed by atoms with E-state index in [0.29, 0.717) is 5.69 Å². The number of sulfone groups is 1. The Hall–Kier alpha value is -1.40. The van der Waals surface area contributed by atoms with Gasteiger partial charge in [0.25, 0.3) is 0 Å². The first-order valence-electron chi connectivity index (χ1n) is 6.40. The first kappa shape index (κ1) is 14.0. The number of amides is 1. The Balaban J connectivity index is 2.04. The smallest absolute Gasteiger partial charge is 0.241 e. The van der Waals surface area contributed by atoms with Crippen molar-refractivity contribution in [2.24, 2.45) is 0 Å². The molecular weight excluding hydrogens is 264 g/mol. The van der Waals surface area contributed by atoms with Gasteiger partial charge in [-0.05, 0) is 43.7 Å². The summed E-state index contributed by atoms with van der Waals surface area (Å²) in [5.41, 5.74) is 0.619. The molecule has 104 valence electrons. The summed E-state index contributed by atoms with van der Waals surface area (Å²) in [6, 6.07) is 6.15. The number of carbonyl (C=O) groups is 1. The van der Waals surface area contributed by atoms with Crippen LogP contribution in [-0.2, 0) is 14.6 Å². The van der Waals surface area contributed by atoms with E-state index in [1.165, 1.54) is 12.1 Å². The number of benzene rings is 1. The predicted octanol–water partition coefficient (Wildman–Crippen LogP) is 1.17. The molecule has 1 atom stereocenters. The summed E-state index contributed by atoms with van der Waals surface area (Å²) in [4.78, 5) is 12.1. The van der Waals surface area contributed by atoms with Crippen molar-refractivity contribution in [3.05, 3.63) is 24.3 Å². The van der Waals surface area contributed by atoms with Crippen molar-refractivity contribution < 1.29 is 13.2 Å². The van der Waals surface area contributed by atoms with Gasteiger partial charge in [0.15, 0.2) is 9.84 Å². The molecule has 1 unspecified atom stereocenters. The number of rotatable bonds is 4. The lowest BCUT2D eigenvalue weighted by atomic mass is 10.2. The second kappa shape index (κ2) is 5.71. The molecular formula is C13H18N2O3S. The Labute approximate surface area is 113 Å². The molecule has 0 bridgehead atoms. The molecule has 6 heteroatoms. The van der Waals surface area contributed by atoms with E-state index in [9.17, 15) is 13.2 Å². The zero-order chi connectivity index (χ0) is 13.9. The molecule has 1 aliphatic rings. The molecule has 1 amide bonds. The van der Waals surface area contributed by atoms with E-state index >= 15 is 0 Å². The summed E-state index contributed by atoms with van der Waals surface area (Å²) in [6.45, 7) is 2.47. The summed E-state index contributed by atoms with van der Waals surface area (Å²) in [6.07, 6.45) is 1.85. The van der Waals surface area contributed by atoms with Gasteiger partial charge >= 0.3 is 0 Å². The van der Waals surface area contributed by atoms with Gasteiger partial charge in [0.1, 0.15) is 0 Å². The molecule has 1 aromatic carbocycles. The average Bonchev–Trinajstić information content (AvgIpc) is 2.93. The molecule has 1 aromatic rings. The van der Waals surface area contributed by atoms with Crippen molar-refractivity contribution >= 4 is 21.4 Å². The number of hydrogen-bond acceptors (Lipinski definition) is 4. The van der Waals surface area contributed by atoms with Crippen molar-refractivity contribution in [1.82, 2.24) is 5.32 Å². The van der Waals surface area contributed by atoms with E-state index in [4.69, 9.17) is 0 Å². The molecule has 1 fully saturated rings. The monoisotopic (exact) mass is 282 g/mol. The maximum absolute atomic E-state index is 11.9. The third kappa shape index (κ3) is 3.33. The normalized spacial score (nSPS) is 19.3. The zero-order valence-electron chi connectivity index (χ0n) is 10.8. The molecule has 19 heavy (non-hydrogen) atoms. The van der Waals surface area contributed by atoms with Crippen LogP contribution in [0.15, 0.2) is 29.2 Å².